The first kappa shape index (κ1) is 17.6. The largest absolute Gasteiger partial charge is 0.340 e. The summed E-state index contributed by atoms with van der Waals surface area (Å²) in [6.07, 6.45) is 3.92. The standard InChI is InChI=1S/C20H26N6O/c1-4-25-12-15(14(3)24-25)11-21-20(27)26-10-6-9-17(26)19-22-16-8-5-7-13(2)18(16)23-19/h5,7-8,12,17H,4,6,9-11H2,1-3H3,(H,21,27)(H,22,23)/t17-/m0/s1. The Bertz CT molecular complexity index is 972. The van der Waals surface area contributed by atoms with E-state index >= 15 is 0 Å². The first-order chi connectivity index (χ1) is 13.1. The van der Waals surface area contributed by atoms with Crippen LogP contribution >= 0.6 is 0 Å². The first-order valence-corrected chi connectivity index (χ1v) is 9.59. The van der Waals surface area contributed by atoms with Crippen molar-refractivity contribution in [3.63, 3.8) is 0 Å². The molecule has 0 saturated carbocycles. The Morgan fingerprint density at radius 1 is 1.37 bits per heavy atom. The number of carbonyl (C=O) groups is 1. The van der Waals surface area contributed by atoms with Gasteiger partial charge in [-0.05, 0) is 45.2 Å². The van der Waals surface area contributed by atoms with Crippen LogP contribution in [0.5, 0.6) is 0 Å². The number of H-pyrrole nitrogens is 1. The van der Waals surface area contributed by atoms with Gasteiger partial charge in [-0.25, -0.2) is 9.78 Å². The van der Waals surface area contributed by atoms with Crippen molar-refractivity contribution in [2.45, 2.75) is 52.7 Å². The molecule has 0 spiro atoms. The molecule has 0 bridgehead atoms. The van der Waals surface area contributed by atoms with Crippen molar-refractivity contribution < 1.29 is 4.79 Å². The molecule has 2 aromatic heterocycles. The molecule has 7 nitrogen and oxygen atoms in total. The highest BCUT2D eigenvalue weighted by Gasteiger charge is 2.32. The summed E-state index contributed by atoms with van der Waals surface area (Å²) >= 11 is 0. The second-order valence-electron chi connectivity index (χ2n) is 7.20. The zero-order chi connectivity index (χ0) is 19.0. The highest BCUT2D eigenvalue weighted by Crippen LogP contribution is 2.31. The molecule has 0 unspecified atom stereocenters. The second-order valence-corrected chi connectivity index (χ2v) is 7.20. The molecule has 1 fully saturated rings. The number of fused-ring (bicyclic) bond motifs is 1. The van der Waals surface area contributed by atoms with E-state index in [-0.39, 0.29) is 12.1 Å². The number of carbonyl (C=O) groups excluding carboxylic acids is 1. The third-order valence-electron chi connectivity index (χ3n) is 5.36. The lowest BCUT2D eigenvalue weighted by molar-refractivity contribution is 0.191. The smallest absolute Gasteiger partial charge is 0.318 e. The lowest BCUT2D eigenvalue weighted by atomic mass is 10.2. The van der Waals surface area contributed by atoms with Crippen molar-refractivity contribution in [2.24, 2.45) is 0 Å². The van der Waals surface area contributed by atoms with Gasteiger partial charge >= 0.3 is 6.03 Å². The summed E-state index contributed by atoms with van der Waals surface area (Å²) in [5, 5.41) is 7.49. The van der Waals surface area contributed by atoms with E-state index < -0.39 is 0 Å². The minimum Gasteiger partial charge on any atom is -0.340 e. The Labute approximate surface area is 158 Å². The summed E-state index contributed by atoms with van der Waals surface area (Å²) in [7, 11) is 0. The zero-order valence-electron chi connectivity index (χ0n) is 16.1. The molecule has 2 N–H and O–H groups in total. The third kappa shape index (κ3) is 3.29. The number of nitrogens with one attached hydrogen (secondary N) is 2. The monoisotopic (exact) mass is 366 g/mol. The summed E-state index contributed by atoms with van der Waals surface area (Å²) in [5.41, 5.74) is 5.18. The number of amides is 2. The third-order valence-corrected chi connectivity index (χ3v) is 5.36. The van der Waals surface area contributed by atoms with Crippen LogP contribution in [0.4, 0.5) is 4.79 Å². The van der Waals surface area contributed by atoms with Crippen molar-refractivity contribution in [2.75, 3.05) is 6.54 Å². The SMILES string of the molecule is CCn1cc(CNC(=O)N2CCC[C@H]2c2nc3c(C)cccc3[nH]2)c(C)n1. The van der Waals surface area contributed by atoms with Gasteiger partial charge in [0.15, 0.2) is 0 Å². The van der Waals surface area contributed by atoms with Gasteiger partial charge in [-0.3, -0.25) is 4.68 Å². The van der Waals surface area contributed by atoms with E-state index in [4.69, 9.17) is 4.98 Å². The number of aryl methyl sites for hydroxylation is 3. The lowest BCUT2D eigenvalue weighted by Crippen LogP contribution is -2.39. The van der Waals surface area contributed by atoms with Gasteiger partial charge in [-0.15, -0.1) is 0 Å². The molecular weight excluding hydrogens is 340 g/mol. The van der Waals surface area contributed by atoms with Crippen LogP contribution in [0.2, 0.25) is 0 Å². The van der Waals surface area contributed by atoms with E-state index in [2.05, 4.69) is 35.3 Å². The number of hydrogen-bond donors (Lipinski definition) is 2. The fourth-order valence-electron chi connectivity index (χ4n) is 3.81. The zero-order valence-corrected chi connectivity index (χ0v) is 16.1. The van der Waals surface area contributed by atoms with Crippen LogP contribution in [0.3, 0.4) is 0 Å². The molecule has 7 heteroatoms. The quantitative estimate of drug-likeness (QED) is 0.742. The number of nitrogens with zero attached hydrogens (tertiary/aromatic N) is 4. The lowest BCUT2D eigenvalue weighted by Gasteiger charge is -2.23. The molecule has 2 amide bonds. The number of para-hydroxylation sites is 1. The molecule has 1 aromatic carbocycles. The van der Waals surface area contributed by atoms with Crippen molar-refractivity contribution in [1.29, 1.82) is 0 Å². The summed E-state index contributed by atoms with van der Waals surface area (Å²) < 4.78 is 1.90. The molecule has 1 atom stereocenters. The number of benzene rings is 1. The molecule has 1 aliphatic rings. The Balaban J connectivity index is 1.49. The number of urea groups is 1. The molecule has 27 heavy (non-hydrogen) atoms. The summed E-state index contributed by atoms with van der Waals surface area (Å²) in [6.45, 7) is 8.16. The van der Waals surface area contributed by atoms with Gasteiger partial charge in [-0.2, -0.15) is 5.10 Å². The predicted molar refractivity (Wildman–Crippen MR) is 104 cm³/mol. The molecule has 142 valence electrons. The van der Waals surface area contributed by atoms with Crippen LogP contribution in [0, 0.1) is 13.8 Å². The van der Waals surface area contributed by atoms with E-state index in [0.29, 0.717) is 6.54 Å². The van der Waals surface area contributed by atoms with E-state index in [1.54, 1.807) is 0 Å². The van der Waals surface area contributed by atoms with Gasteiger partial charge in [0.25, 0.3) is 0 Å². The highest BCUT2D eigenvalue weighted by molar-refractivity contribution is 5.79. The molecule has 1 saturated heterocycles. The normalized spacial score (nSPS) is 17.0. The average Bonchev–Trinajstić information content (AvgIpc) is 3.37. The minimum absolute atomic E-state index is 0.00346. The average molecular weight is 366 g/mol. The maximum atomic E-state index is 12.8. The maximum absolute atomic E-state index is 12.8. The Morgan fingerprint density at radius 3 is 2.96 bits per heavy atom. The molecule has 3 heterocycles. The van der Waals surface area contributed by atoms with Crippen molar-refractivity contribution in [3.8, 4) is 0 Å². The van der Waals surface area contributed by atoms with Gasteiger partial charge < -0.3 is 15.2 Å². The van der Waals surface area contributed by atoms with Crippen LogP contribution < -0.4 is 5.32 Å². The first-order valence-electron chi connectivity index (χ1n) is 9.59. The van der Waals surface area contributed by atoms with Gasteiger partial charge in [0, 0.05) is 31.4 Å². The van der Waals surface area contributed by atoms with Crippen molar-refractivity contribution in [3.05, 3.63) is 47.0 Å². The summed E-state index contributed by atoms with van der Waals surface area (Å²) in [5.74, 6) is 0.877. The predicted octanol–water partition coefficient (Wildman–Crippen LogP) is 3.44. The topological polar surface area (TPSA) is 78.8 Å². The number of aromatic amines is 1. The second kappa shape index (κ2) is 7.06. The highest BCUT2D eigenvalue weighted by atomic mass is 16.2. The van der Waals surface area contributed by atoms with Crippen molar-refractivity contribution in [1.82, 2.24) is 30.0 Å². The van der Waals surface area contributed by atoms with Crippen molar-refractivity contribution >= 4 is 17.1 Å². The maximum Gasteiger partial charge on any atom is 0.318 e. The molecule has 1 aliphatic heterocycles. The van der Waals surface area contributed by atoms with E-state index in [0.717, 1.165) is 59.6 Å². The van der Waals surface area contributed by atoms with Gasteiger partial charge in [0.1, 0.15) is 5.82 Å². The van der Waals surface area contributed by atoms with Gasteiger partial charge in [0.2, 0.25) is 0 Å². The molecular formula is C20H26N6O. The van der Waals surface area contributed by atoms with Crippen LogP contribution in [0.25, 0.3) is 11.0 Å². The summed E-state index contributed by atoms with van der Waals surface area (Å²) in [4.78, 5) is 22.9. The van der Waals surface area contributed by atoms with E-state index in [9.17, 15) is 4.79 Å². The number of imidazole rings is 1. The molecule has 3 aromatic rings. The van der Waals surface area contributed by atoms with Gasteiger partial charge in [0.05, 0.1) is 22.8 Å². The van der Waals surface area contributed by atoms with Gasteiger partial charge in [-0.1, -0.05) is 12.1 Å². The Kier molecular flexibility index (Phi) is 4.59. The van der Waals surface area contributed by atoms with Crippen LogP contribution in [-0.2, 0) is 13.1 Å². The summed E-state index contributed by atoms with van der Waals surface area (Å²) in [6, 6.07) is 6.07. The number of hydrogen-bond acceptors (Lipinski definition) is 3. The van der Waals surface area contributed by atoms with Crippen LogP contribution in [0.1, 0.15) is 48.5 Å². The number of likely N-dealkylation sites (tertiary alicyclic amines) is 1. The van der Waals surface area contributed by atoms with Crippen LogP contribution in [-0.4, -0.2) is 37.2 Å². The van der Waals surface area contributed by atoms with E-state index in [1.165, 1.54) is 0 Å². The molecule has 4 rings (SSSR count). The Morgan fingerprint density at radius 2 is 2.22 bits per heavy atom. The molecule has 0 radical (unpaired) electrons. The number of aromatic nitrogens is 4. The molecule has 0 aliphatic carbocycles. The number of rotatable bonds is 4. The minimum atomic E-state index is -0.0432. The fourth-order valence-corrected chi connectivity index (χ4v) is 3.81. The van der Waals surface area contributed by atoms with Crippen LogP contribution in [0.15, 0.2) is 24.4 Å². The Hall–Kier alpha value is -2.83. The van der Waals surface area contributed by atoms with E-state index in [1.807, 2.05) is 34.8 Å². The fraction of sp³-hybridized carbons (Fsp3) is 0.450.